The molecule has 0 N–H and O–H groups in total. The molecule has 1 saturated carbocycles. The van der Waals surface area contributed by atoms with Gasteiger partial charge in [-0.1, -0.05) is 12.1 Å². The summed E-state index contributed by atoms with van der Waals surface area (Å²) in [5, 5.41) is 7.61. The first-order valence-corrected chi connectivity index (χ1v) is 8.05. The van der Waals surface area contributed by atoms with Gasteiger partial charge >= 0.3 is 0 Å². The third-order valence-electron chi connectivity index (χ3n) is 4.58. The van der Waals surface area contributed by atoms with E-state index < -0.39 is 0 Å². The molecule has 24 heavy (non-hydrogen) atoms. The Morgan fingerprint density at radius 3 is 2.75 bits per heavy atom. The highest BCUT2D eigenvalue weighted by Gasteiger charge is 2.48. The molecule has 126 valence electrons. The molecule has 2 aromatic rings. The Morgan fingerprint density at radius 1 is 1.33 bits per heavy atom. The number of hydrogen-bond donors (Lipinski definition) is 0. The summed E-state index contributed by atoms with van der Waals surface area (Å²) < 4.78 is 23.8. The second-order valence-corrected chi connectivity index (χ2v) is 6.39. The van der Waals surface area contributed by atoms with Crippen molar-refractivity contribution in [3.05, 3.63) is 47.4 Å². The van der Waals surface area contributed by atoms with E-state index >= 15 is 0 Å². The van der Waals surface area contributed by atoms with Crippen molar-refractivity contribution < 1.29 is 18.3 Å². The second kappa shape index (κ2) is 5.98. The van der Waals surface area contributed by atoms with Crippen molar-refractivity contribution in [1.82, 2.24) is 15.1 Å². The third kappa shape index (κ3) is 3.03. The second-order valence-electron chi connectivity index (χ2n) is 6.39. The maximum atomic E-state index is 13.0. The average molecular weight is 331 g/mol. The van der Waals surface area contributed by atoms with Crippen molar-refractivity contribution in [2.24, 2.45) is 5.92 Å². The Hall–Kier alpha value is -2.28. The lowest BCUT2D eigenvalue weighted by Gasteiger charge is -2.38. The molecule has 6 nitrogen and oxygen atoms in total. The largest absolute Gasteiger partial charge is 0.423 e. The van der Waals surface area contributed by atoms with Crippen LogP contribution in [0.4, 0.5) is 4.39 Å². The maximum Gasteiger partial charge on any atom is 0.242 e. The molecule has 1 aromatic heterocycles. The van der Waals surface area contributed by atoms with Gasteiger partial charge in [-0.3, -0.25) is 4.79 Å². The Kier molecular flexibility index (Phi) is 3.80. The highest BCUT2D eigenvalue weighted by atomic mass is 19.1. The van der Waals surface area contributed by atoms with E-state index in [1.54, 1.807) is 19.1 Å². The Labute approximate surface area is 138 Å². The van der Waals surface area contributed by atoms with Gasteiger partial charge in [-0.2, -0.15) is 0 Å². The lowest BCUT2D eigenvalue weighted by molar-refractivity contribution is -0.147. The topological polar surface area (TPSA) is 68.5 Å². The SMILES string of the molecule is Cc1nnc(COC2CN(C(=O)[C@@H]3C[C@H]3c3ccc(F)cc3)C2)o1. The molecule has 0 bridgehead atoms. The van der Waals surface area contributed by atoms with Gasteiger partial charge in [0.05, 0.1) is 6.10 Å². The average Bonchev–Trinajstić information content (AvgIpc) is 3.22. The maximum absolute atomic E-state index is 13.0. The summed E-state index contributed by atoms with van der Waals surface area (Å²) in [7, 11) is 0. The number of aryl methyl sites for hydroxylation is 1. The Bertz CT molecular complexity index is 740. The summed E-state index contributed by atoms with van der Waals surface area (Å²) in [5.41, 5.74) is 1.04. The number of benzene rings is 1. The standard InChI is InChI=1S/C17H18FN3O3/c1-10-19-20-16(24-10)9-23-13-7-21(8-13)17(22)15-6-14(15)11-2-4-12(18)5-3-11/h2-5,13-15H,6-9H2,1H3/t14-,15+/m0/s1. The van der Waals surface area contributed by atoms with E-state index in [0.29, 0.717) is 24.9 Å². The molecule has 2 aliphatic rings. The summed E-state index contributed by atoms with van der Waals surface area (Å²) in [4.78, 5) is 14.2. The number of likely N-dealkylation sites (tertiary alicyclic amines) is 1. The fourth-order valence-electron chi connectivity index (χ4n) is 3.09. The van der Waals surface area contributed by atoms with Crippen LogP contribution in [0.25, 0.3) is 0 Å². The number of ether oxygens (including phenoxy) is 1. The molecule has 1 aliphatic carbocycles. The van der Waals surface area contributed by atoms with Crippen LogP contribution in [0.3, 0.4) is 0 Å². The minimum atomic E-state index is -0.249. The van der Waals surface area contributed by atoms with Crippen molar-refractivity contribution in [2.75, 3.05) is 13.1 Å². The van der Waals surface area contributed by atoms with Gasteiger partial charge in [-0.15, -0.1) is 10.2 Å². The number of aromatic nitrogens is 2. The monoisotopic (exact) mass is 331 g/mol. The molecule has 2 fully saturated rings. The molecular formula is C17H18FN3O3. The van der Waals surface area contributed by atoms with E-state index in [2.05, 4.69) is 10.2 Å². The predicted molar refractivity (Wildman–Crippen MR) is 81.4 cm³/mol. The molecule has 4 rings (SSSR count). The zero-order chi connectivity index (χ0) is 16.7. The number of halogens is 1. The van der Waals surface area contributed by atoms with Crippen LogP contribution >= 0.6 is 0 Å². The van der Waals surface area contributed by atoms with E-state index in [4.69, 9.17) is 9.15 Å². The first-order valence-electron chi connectivity index (χ1n) is 8.05. The lowest BCUT2D eigenvalue weighted by Crippen LogP contribution is -2.55. The first kappa shape index (κ1) is 15.3. The van der Waals surface area contributed by atoms with Gasteiger partial charge in [0.25, 0.3) is 0 Å². The normalized spacial score (nSPS) is 23.2. The molecule has 2 atom stereocenters. The van der Waals surface area contributed by atoms with Crippen molar-refractivity contribution in [3.8, 4) is 0 Å². The van der Waals surface area contributed by atoms with E-state index in [0.717, 1.165) is 12.0 Å². The molecule has 7 heteroatoms. The fraction of sp³-hybridized carbons (Fsp3) is 0.471. The molecule has 1 aromatic carbocycles. The molecule has 1 saturated heterocycles. The number of nitrogens with zero attached hydrogens (tertiary/aromatic N) is 3. The van der Waals surface area contributed by atoms with Gasteiger partial charge in [-0.05, 0) is 30.0 Å². The minimum Gasteiger partial charge on any atom is -0.423 e. The minimum absolute atomic E-state index is 0.0178. The van der Waals surface area contributed by atoms with Crippen molar-refractivity contribution in [1.29, 1.82) is 0 Å². The Balaban J connectivity index is 1.23. The van der Waals surface area contributed by atoms with E-state index in [-0.39, 0.29) is 36.3 Å². The first-order chi connectivity index (χ1) is 11.6. The molecule has 0 spiro atoms. The number of carbonyl (C=O) groups is 1. The summed E-state index contributed by atoms with van der Waals surface area (Å²) in [6.45, 7) is 3.19. The number of rotatable bonds is 5. The fourth-order valence-corrected chi connectivity index (χ4v) is 3.09. The van der Waals surface area contributed by atoms with Crippen LogP contribution in [0.5, 0.6) is 0 Å². The van der Waals surface area contributed by atoms with Crippen LogP contribution in [0.15, 0.2) is 28.7 Å². The van der Waals surface area contributed by atoms with E-state index in [1.807, 2.05) is 4.90 Å². The summed E-state index contributed by atoms with van der Waals surface area (Å²) in [6.07, 6.45) is 0.859. The van der Waals surface area contributed by atoms with Gasteiger partial charge < -0.3 is 14.1 Å². The molecule has 0 unspecified atom stereocenters. The van der Waals surface area contributed by atoms with E-state index in [1.165, 1.54) is 12.1 Å². The van der Waals surface area contributed by atoms with Crippen LogP contribution in [-0.2, 0) is 16.1 Å². The summed E-state index contributed by atoms with van der Waals surface area (Å²) in [6, 6.07) is 6.42. The molecular weight excluding hydrogens is 313 g/mol. The van der Waals surface area contributed by atoms with Crippen LogP contribution in [0, 0.1) is 18.7 Å². The van der Waals surface area contributed by atoms with Crippen LogP contribution in [0.1, 0.15) is 29.7 Å². The zero-order valence-electron chi connectivity index (χ0n) is 13.3. The van der Waals surface area contributed by atoms with Gasteiger partial charge in [0.2, 0.25) is 17.7 Å². The highest BCUT2D eigenvalue weighted by Crippen LogP contribution is 2.48. The van der Waals surface area contributed by atoms with E-state index in [9.17, 15) is 9.18 Å². The van der Waals surface area contributed by atoms with Crippen molar-refractivity contribution >= 4 is 5.91 Å². The molecule has 1 aliphatic heterocycles. The number of carbonyl (C=O) groups excluding carboxylic acids is 1. The van der Waals surface area contributed by atoms with Crippen LogP contribution < -0.4 is 0 Å². The number of amides is 1. The predicted octanol–water partition coefficient (Wildman–Crippen LogP) is 2.05. The Morgan fingerprint density at radius 2 is 2.08 bits per heavy atom. The zero-order valence-corrected chi connectivity index (χ0v) is 13.3. The van der Waals surface area contributed by atoms with Crippen molar-refractivity contribution in [2.45, 2.75) is 32.0 Å². The van der Waals surface area contributed by atoms with Crippen LogP contribution in [-0.4, -0.2) is 40.2 Å². The van der Waals surface area contributed by atoms with Crippen LogP contribution in [0.2, 0.25) is 0 Å². The molecule has 1 amide bonds. The third-order valence-corrected chi connectivity index (χ3v) is 4.58. The van der Waals surface area contributed by atoms with Crippen molar-refractivity contribution in [3.63, 3.8) is 0 Å². The molecule has 2 heterocycles. The van der Waals surface area contributed by atoms with Gasteiger partial charge in [0.1, 0.15) is 12.4 Å². The highest BCUT2D eigenvalue weighted by molar-refractivity contribution is 5.83. The summed E-state index contributed by atoms with van der Waals surface area (Å²) >= 11 is 0. The molecule has 0 radical (unpaired) electrons. The number of hydrogen-bond acceptors (Lipinski definition) is 5. The van der Waals surface area contributed by atoms with Gasteiger partial charge in [0, 0.05) is 25.9 Å². The lowest BCUT2D eigenvalue weighted by atomic mass is 10.1. The van der Waals surface area contributed by atoms with Gasteiger partial charge in [0.15, 0.2) is 0 Å². The summed E-state index contributed by atoms with van der Waals surface area (Å²) in [5.74, 6) is 1.13. The quantitative estimate of drug-likeness (QED) is 0.839. The van der Waals surface area contributed by atoms with Gasteiger partial charge in [-0.25, -0.2) is 4.39 Å². The smallest absolute Gasteiger partial charge is 0.242 e.